The molecule has 24 heavy (non-hydrogen) atoms. The molecule has 0 aliphatic heterocycles. The predicted molar refractivity (Wildman–Crippen MR) is 92.5 cm³/mol. The molecule has 0 radical (unpaired) electrons. The number of aryl methyl sites for hydroxylation is 1. The molecule has 1 N–H and O–H groups in total. The normalized spacial score (nSPS) is 10.4. The number of anilines is 3. The first-order valence-corrected chi connectivity index (χ1v) is 7.32. The van der Waals surface area contributed by atoms with E-state index in [1.165, 1.54) is 17.0 Å². The summed E-state index contributed by atoms with van der Waals surface area (Å²) >= 11 is 0. The Morgan fingerprint density at radius 3 is 2.50 bits per heavy atom. The Labute approximate surface area is 140 Å². The van der Waals surface area contributed by atoms with Gasteiger partial charge in [0.1, 0.15) is 12.2 Å². The fourth-order valence-electron chi connectivity index (χ4n) is 1.99. The van der Waals surface area contributed by atoms with E-state index in [2.05, 4.69) is 20.3 Å². The van der Waals surface area contributed by atoms with E-state index in [1.54, 1.807) is 22.9 Å². The van der Waals surface area contributed by atoms with Crippen LogP contribution in [0.2, 0.25) is 0 Å². The van der Waals surface area contributed by atoms with Crippen molar-refractivity contribution >= 4 is 23.4 Å². The lowest BCUT2D eigenvalue weighted by atomic mass is 10.4. The number of carbonyl (C=O) groups is 1. The number of carbonyl (C=O) groups excluding carboxylic acids is 1. The minimum absolute atomic E-state index is 0.131. The van der Waals surface area contributed by atoms with Crippen LogP contribution in [0.15, 0.2) is 23.4 Å². The van der Waals surface area contributed by atoms with Crippen LogP contribution in [0.3, 0.4) is 0 Å². The Morgan fingerprint density at radius 2 is 1.92 bits per heavy atom. The van der Waals surface area contributed by atoms with Crippen LogP contribution >= 0.6 is 0 Å². The fourth-order valence-corrected chi connectivity index (χ4v) is 1.99. The molecule has 9 heteroatoms. The van der Waals surface area contributed by atoms with Crippen LogP contribution in [0.1, 0.15) is 5.69 Å². The quantitative estimate of drug-likeness (QED) is 0.831. The summed E-state index contributed by atoms with van der Waals surface area (Å²) in [5.74, 6) is 0.763. The van der Waals surface area contributed by atoms with Gasteiger partial charge in [-0.05, 0) is 6.92 Å². The third-order valence-corrected chi connectivity index (χ3v) is 3.18. The highest BCUT2D eigenvalue weighted by molar-refractivity contribution is 5.93. The highest BCUT2D eigenvalue weighted by Gasteiger charge is 2.14. The van der Waals surface area contributed by atoms with Gasteiger partial charge in [-0.1, -0.05) is 0 Å². The van der Waals surface area contributed by atoms with Gasteiger partial charge in [-0.2, -0.15) is 4.98 Å². The van der Waals surface area contributed by atoms with Gasteiger partial charge in [0.25, 0.3) is 5.56 Å². The van der Waals surface area contributed by atoms with Crippen molar-refractivity contribution in [3.05, 3.63) is 34.6 Å². The number of nitrogens with one attached hydrogen (secondary N) is 1. The standard InChI is InChI=1S/C15H21N7O2/c1-10-6-13(24)22(9-17-10)8-12(23)18-11-7-16-15(21(4)5)19-14(11)20(2)3/h6-7,9H,8H2,1-5H3,(H,18,23). The van der Waals surface area contributed by atoms with E-state index < -0.39 is 0 Å². The van der Waals surface area contributed by atoms with Crippen molar-refractivity contribution in [2.75, 3.05) is 43.3 Å². The largest absolute Gasteiger partial charge is 0.361 e. The molecule has 0 saturated carbocycles. The molecule has 0 spiro atoms. The Morgan fingerprint density at radius 1 is 1.21 bits per heavy atom. The Kier molecular flexibility index (Phi) is 5.12. The number of nitrogens with zero attached hydrogens (tertiary/aromatic N) is 6. The lowest BCUT2D eigenvalue weighted by Gasteiger charge is -2.19. The van der Waals surface area contributed by atoms with E-state index >= 15 is 0 Å². The first-order valence-electron chi connectivity index (χ1n) is 7.32. The van der Waals surface area contributed by atoms with Gasteiger partial charge >= 0.3 is 0 Å². The molecule has 2 aromatic heterocycles. The topological polar surface area (TPSA) is 96.2 Å². The number of aromatic nitrogens is 4. The number of hydrogen-bond acceptors (Lipinski definition) is 7. The molecule has 1 amide bonds. The first-order chi connectivity index (χ1) is 11.3. The van der Waals surface area contributed by atoms with Gasteiger partial charge < -0.3 is 15.1 Å². The van der Waals surface area contributed by atoms with Crippen LogP contribution in [0.25, 0.3) is 0 Å². The molecule has 0 aliphatic carbocycles. The van der Waals surface area contributed by atoms with Gasteiger partial charge in [0.2, 0.25) is 11.9 Å². The van der Waals surface area contributed by atoms with Crippen molar-refractivity contribution < 1.29 is 4.79 Å². The molecule has 2 rings (SSSR count). The van der Waals surface area contributed by atoms with E-state index in [-0.39, 0.29) is 18.0 Å². The lowest BCUT2D eigenvalue weighted by Crippen LogP contribution is -2.28. The van der Waals surface area contributed by atoms with Crippen LogP contribution in [0.5, 0.6) is 0 Å². The summed E-state index contributed by atoms with van der Waals surface area (Å²) in [6.07, 6.45) is 2.90. The van der Waals surface area contributed by atoms with Gasteiger partial charge in [0, 0.05) is 40.0 Å². The summed E-state index contributed by atoms with van der Waals surface area (Å²) < 4.78 is 1.24. The molecule has 0 fully saturated rings. The molecular weight excluding hydrogens is 310 g/mol. The molecule has 0 atom stereocenters. The van der Waals surface area contributed by atoms with Gasteiger partial charge in [0.15, 0.2) is 5.82 Å². The van der Waals surface area contributed by atoms with Gasteiger partial charge in [-0.15, -0.1) is 0 Å². The maximum atomic E-state index is 12.2. The van der Waals surface area contributed by atoms with Gasteiger partial charge in [0.05, 0.1) is 12.5 Å². The van der Waals surface area contributed by atoms with E-state index in [4.69, 9.17) is 0 Å². The SMILES string of the molecule is Cc1cc(=O)n(CC(=O)Nc2cnc(N(C)C)nc2N(C)C)cn1. The molecular formula is C15H21N7O2. The van der Waals surface area contributed by atoms with E-state index in [1.807, 2.05) is 28.2 Å². The smallest absolute Gasteiger partial charge is 0.253 e. The summed E-state index contributed by atoms with van der Waals surface area (Å²) in [5, 5.41) is 2.74. The van der Waals surface area contributed by atoms with Crippen LogP contribution < -0.4 is 20.7 Å². The van der Waals surface area contributed by atoms with Crippen LogP contribution in [0, 0.1) is 6.92 Å². The van der Waals surface area contributed by atoms with Crippen molar-refractivity contribution in [2.24, 2.45) is 0 Å². The molecule has 0 unspecified atom stereocenters. The third kappa shape index (κ3) is 4.06. The van der Waals surface area contributed by atoms with Crippen LogP contribution in [-0.2, 0) is 11.3 Å². The van der Waals surface area contributed by atoms with Crippen molar-refractivity contribution in [2.45, 2.75) is 13.5 Å². The van der Waals surface area contributed by atoms with Crippen molar-refractivity contribution in [1.29, 1.82) is 0 Å². The van der Waals surface area contributed by atoms with Gasteiger partial charge in [-0.3, -0.25) is 14.2 Å². The van der Waals surface area contributed by atoms with Crippen LogP contribution in [0.4, 0.5) is 17.5 Å². The predicted octanol–water partition coefficient (Wildman–Crippen LogP) is 0.112. The Balaban J connectivity index is 2.20. The molecule has 0 aliphatic rings. The van der Waals surface area contributed by atoms with Crippen molar-refractivity contribution in [3.63, 3.8) is 0 Å². The summed E-state index contributed by atoms with van der Waals surface area (Å²) in [4.78, 5) is 40.2. The zero-order chi connectivity index (χ0) is 17.9. The summed E-state index contributed by atoms with van der Waals surface area (Å²) in [6, 6.07) is 1.38. The van der Waals surface area contributed by atoms with E-state index in [0.29, 0.717) is 23.1 Å². The lowest BCUT2D eigenvalue weighted by molar-refractivity contribution is -0.116. The number of rotatable bonds is 5. The fraction of sp³-hybridized carbons (Fsp3) is 0.400. The molecule has 0 aromatic carbocycles. The van der Waals surface area contributed by atoms with Crippen molar-refractivity contribution in [3.8, 4) is 0 Å². The molecule has 0 saturated heterocycles. The molecule has 128 valence electrons. The van der Waals surface area contributed by atoms with E-state index in [0.717, 1.165) is 0 Å². The zero-order valence-corrected chi connectivity index (χ0v) is 14.4. The number of amides is 1. The molecule has 2 heterocycles. The third-order valence-electron chi connectivity index (χ3n) is 3.18. The zero-order valence-electron chi connectivity index (χ0n) is 14.4. The van der Waals surface area contributed by atoms with Gasteiger partial charge in [-0.25, -0.2) is 9.97 Å². The van der Waals surface area contributed by atoms with E-state index in [9.17, 15) is 9.59 Å². The summed E-state index contributed by atoms with van der Waals surface area (Å²) in [6.45, 7) is 1.59. The highest BCUT2D eigenvalue weighted by Crippen LogP contribution is 2.22. The summed E-state index contributed by atoms with van der Waals surface area (Å²) in [7, 11) is 7.32. The molecule has 9 nitrogen and oxygen atoms in total. The minimum atomic E-state index is -0.355. The monoisotopic (exact) mass is 331 g/mol. The number of hydrogen-bond donors (Lipinski definition) is 1. The second kappa shape index (κ2) is 7.07. The Bertz CT molecular complexity index is 799. The maximum absolute atomic E-state index is 12.2. The molecule has 0 bridgehead atoms. The Hall–Kier alpha value is -2.97. The van der Waals surface area contributed by atoms with Crippen LogP contribution in [-0.4, -0.2) is 53.6 Å². The summed E-state index contributed by atoms with van der Waals surface area (Å²) in [5.41, 5.74) is 0.813. The second-order valence-corrected chi connectivity index (χ2v) is 5.74. The average molecular weight is 331 g/mol. The molecule has 2 aromatic rings. The first kappa shape index (κ1) is 17.4. The average Bonchev–Trinajstić information content (AvgIpc) is 2.50. The highest BCUT2D eigenvalue weighted by atomic mass is 16.2. The maximum Gasteiger partial charge on any atom is 0.253 e. The second-order valence-electron chi connectivity index (χ2n) is 5.74. The van der Waals surface area contributed by atoms with Crippen molar-refractivity contribution in [1.82, 2.24) is 19.5 Å². The minimum Gasteiger partial charge on any atom is -0.361 e.